The Balaban J connectivity index is 1.50. The van der Waals surface area contributed by atoms with E-state index in [-0.39, 0.29) is 5.91 Å². The highest BCUT2D eigenvalue weighted by molar-refractivity contribution is 9.10. The molecule has 1 fully saturated rings. The molecule has 0 saturated carbocycles. The molecule has 3 aromatic carbocycles. The van der Waals surface area contributed by atoms with Crippen molar-refractivity contribution in [1.29, 1.82) is 0 Å². The Kier molecular flexibility index (Phi) is 7.50. The van der Waals surface area contributed by atoms with Crippen molar-refractivity contribution >= 4 is 96.7 Å². The van der Waals surface area contributed by atoms with Crippen molar-refractivity contribution in [2.24, 2.45) is 0 Å². The average Bonchev–Trinajstić information content (AvgIpc) is 3.03. The second-order valence-corrected chi connectivity index (χ2v) is 10.5. The highest BCUT2D eigenvalue weighted by atomic mass is 79.9. The minimum atomic E-state index is -0.211. The van der Waals surface area contributed by atoms with E-state index in [1.165, 1.54) is 16.7 Å². The molecule has 9 heteroatoms. The third kappa shape index (κ3) is 5.33. The molecule has 1 saturated heterocycles. The molecule has 0 atom stereocenters. The minimum Gasteiger partial charge on any atom is -0.488 e. The first-order valence-corrected chi connectivity index (χ1v) is 12.4. The number of thioether (sulfide) groups is 1. The van der Waals surface area contributed by atoms with Crippen molar-refractivity contribution in [2.45, 2.75) is 6.61 Å². The Morgan fingerprint density at radius 3 is 2.44 bits per heavy atom. The second-order valence-electron chi connectivity index (χ2n) is 6.72. The lowest BCUT2D eigenvalue weighted by Crippen LogP contribution is -2.27. The number of ether oxygens (including phenoxy) is 1. The summed E-state index contributed by atoms with van der Waals surface area (Å²) in [5, 5.41) is 1.46. The predicted octanol–water partition coefficient (Wildman–Crippen LogP) is 8.39. The molecule has 1 aliphatic rings. The summed E-state index contributed by atoms with van der Waals surface area (Å²) in [6.45, 7) is 0.414. The van der Waals surface area contributed by atoms with Gasteiger partial charge >= 0.3 is 0 Å². The van der Waals surface area contributed by atoms with E-state index in [2.05, 4.69) is 15.9 Å². The van der Waals surface area contributed by atoms with Crippen molar-refractivity contribution in [3.05, 3.63) is 96.2 Å². The van der Waals surface area contributed by atoms with Gasteiger partial charge < -0.3 is 4.74 Å². The maximum absolute atomic E-state index is 13.0. The van der Waals surface area contributed by atoms with Gasteiger partial charge in [-0.3, -0.25) is 9.69 Å². The fourth-order valence-corrected chi connectivity index (χ4v) is 5.16. The monoisotopic (exact) mass is 583 g/mol. The molecule has 1 heterocycles. The van der Waals surface area contributed by atoms with Crippen molar-refractivity contribution in [3.8, 4) is 5.75 Å². The Labute approximate surface area is 218 Å². The summed E-state index contributed by atoms with van der Waals surface area (Å²) < 4.78 is 7.10. The van der Waals surface area contributed by atoms with Gasteiger partial charge in [-0.2, -0.15) is 0 Å². The van der Waals surface area contributed by atoms with Gasteiger partial charge in [-0.25, -0.2) is 0 Å². The van der Waals surface area contributed by atoms with Crippen LogP contribution in [0.25, 0.3) is 6.08 Å². The number of halogens is 4. The fraction of sp³-hybridized carbons (Fsp3) is 0.0435. The van der Waals surface area contributed by atoms with Crippen LogP contribution in [0.5, 0.6) is 5.75 Å². The maximum atomic E-state index is 13.0. The van der Waals surface area contributed by atoms with Crippen LogP contribution >= 0.6 is 74.7 Å². The van der Waals surface area contributed by atoms with Gasteiger partial charge in [0.2, 0.25) is 0 Å². The number of benzene rings is 3. The van der Waals surface area contributed by atoms with Gasteiger partial charge in [-0.1, -0.05) is 77.0 Å². The fourth-order valence-electron chi connectivity index (χ4n) is 2.93. The molecule has 0 bridgehead atoms. The first-order valence-electron chi connectivity index (χ1n) is 9.21. The van der Waals surface area contributed by atoms with Crippen LogP contribution in [0.15, 0.2) is 70.0 Å². The molecule has 1 aliphatic heterocycles. The van der Waals surface area contributed by atoms with Crippen molar-refractivity contribution in [1.82, 2.24) is 0 Å². The summed E-state index contributed by atoms with van der Waals surface area (Å²) in [4.78, 5) is 14.9. The lowest BCUT2D eigenvalue weighted by atomic mass is 10.2. The van der Waals surface area contributed by atoms with Gasteiger partial charge in [0, 0.05) is 5.02 Å². The Morgan fingerprint density at radius 1 is 1.00 bits per heavy atom. The van der Waals surface area contributed by atoms with Crippen LogP contribution in [-0.4, -0.2) is 10.2 Å². The van der Waals surface area contributed by atoms with Gasteiger partial charge in [-0.15, -0.1) is 0 Å². The summed E-state index contributed by atoms with van der Waals surface area (Å²) in [6.07, 6.45) is 1.80. The summed E-state index contributed by atoms with van der Waals surface area (Å²) in [7, 11) is 0. The maximum Gasteiger partial charge on any atom is 0.270 e. The van der Waals surface area contributed by atoms with Gasteiger partial charge in [0.25, 0.3) is 5.91 Å². The predicted molar refractivity (Wildman–Crippen MR) is 142 cm³/mol. The molecular formula is C23H13BrCl3NO2S2. The number of carbonyl (C=O) groups excluding carboxylic acids is 1. The number of anilines is 1. The van der Waals surface area contributed by atoms with Crippen LogP contribution in [0.2, 0.25) is 15.1 Å². The third-order valence-electron chi connectivity index (χ3n) is 4.52. The van der Waals surface area contributed by atoms with Crippen molar-refractivity contribution in [3.63, 3.8) is 0 Å². The van der Waals surface area contributed by atoms with E-state index >= 15 is 0 Å². The topological polar surface area (TPSA) is 29.5 Å². The standard InChI is InChI=1S/C23H13BrCl3NO2S2/c24-17-9-14(3-8-20(17)30-12-13-1-4-15(25)5-2-13)10-21-22(29)28(23(31)32-21)16-6-7-18(26)19(27)11-16/h1-11H,12H2/b21-10-. The number of nitrogens with zero attached hydrogens (tertiary/aromatic N) is 1. The van der Waals surface area contributed by atoms with E-state index in [4.69, 9.17) is 51.8 Å². The van der Waals surface area contributed by atoms with E-state index in [0.717, 1.165) is 15.6 Å². The highest BCUT2D eigenvalue weighted by Crippen LogP contribution is 2.38. The number of carbonyl (C=O) groups is 1. The lowest BCUT2D eigenvalue weighted by molar-refractivity contribution is -0.113. The summed E-state index contributed by atoms with van der Waals surface area (Å²) in [5.74, 6) is 0.484. The molecule has 0 N–H and O–H groups in total. The van der Waals surface area contributed by atoms with Gasteiger partial charge in [0.1, 0.15) is 12.4 Å². The smallest absolute Gasteiger partial charge is 0.270 e. The lowest BCUT2D eigenvalue weighted by Gasteiger charge is -2.15. The molecule has 32 heavy (non-hydrogen) atoms. The van der Waals surface area contributed by atoms with E-state index in [1.54, 1.807) is 24.3 Å². The Bertz CT molecular complexity index is 1250. The molecule has 3 aromatic rings. The van der Waals surface area contributed by atoms with E-state index in [9.17, 15) is 4.79 Å². The number of hydrogen-bond acceptors (Lipinski definition) is 4. The van der Waals surface area contributed by atoms with Gasteiger partial charge in [-0.05, 0) is 75.6 Å². The quantitative estimate of drug-likeness (QED) is 0.222. The number of amides is 1. The molecule has 0 unspecified atom stereocenters. The largest absolute Gasteiger partial charge is 0.488 e. The van der Waals surface area contributed by atoms with Crippen LogP contribution in [0.3, 0.4) is 0 Å². The Hall–Kier alpha value is -1.54. The van der Waals surface area contributed by atoms with Crippen LogP contribution in [0, 0.1) is 0 Å². The second kappa shape index (κ2) is 10.2. The molecular weight excluding hydrogens is 573 g/mol. The molecule has 3 nitrogen and oxygen atoms in total. The van der Waals surface area contributed by atoms with E-state index in [0.29, 0.717) is 42.3 Å². The summed E-state index contributed by atoms with van der Waals surface area (Å²) >= 11 is 28.2. The third-order valence-corrected chi connectivity index (χ3v) is 7.43. The first kappa shape index (κ1) is 23.6. The zero-order valence-corrected chi connectivity index (χ0v) is 21.6. The molecule has 0 aromatic heterocycles. The van der Waals surface area contributed by atoms with E-state index in [1.807, 2.05) is 42.5 Å². The molecule has 0 aliphatic carbocycles. The Morgan fingerprint density at radius 2 is 1.75 bits per heavy atom. The van der Waals surface area contributed by atoms with E-state index < -0.39 is 0 Å². The first-order chi connectivity index (χ1) is 15.3. The van der Waals surface area contributed by atoms with Crippen LogP contribution in [0.4, 0.5) is 5.69 Å². The zero-order chi connectivity index (χ0) is 22.8. The normalized spacial score (nSPS) is 15.0. The van der Waals surface area contributed by atoms with Crippen LogP contribution in [-0.2, 0) is 11.4 Å². The molecule has 4 rings (SSSR count). The number of thiocarbonyl (C=S) groups is 1. The van der Waals surface area contributed by atoms with Gasteiger partial charge in [0.15, 0.2) is 4.32 Å². The van der Waals surface area contributed by atoms with Crippen molar-refractivity contribution < 1.29 is 9.53 Å². The minimum absolute atomic E-state index is 0.211. The zero-order valence-electron chi connectivity index (χ0n) is 16.2. The molecule has 162 valence electrons. The number of hydrogen-bond donors (Lipinski definition) is 0. The summed E-state index contributed by atoms with van der Waals surface area (Å²) in [6, 6.07) is 18.1. The molecule has 0 radical (unpaired) electrons. The van der Waals surface area contributed by atoms with Crippen molar-refractivity contribution in [2.75, 3.05) is 4.90 Å². The number of rotatable bonds is 5. The van der Waals surface area contributed by atoms with Gasteiger partial charge in [0.05, 0.1) is 25.1 Å². The van der Waals surface area contributed by atoms with Crippen LogP contribution < -0.4 is 9.64 Å². The highest BCUT2D eigenvalue weighted by Gasteiger charge is 2.33. The molecule has 1 amide bonds. The van der Waals surface area contributed by atoms with Crippen LogP contribution in [0.1, 0.15) is 11.1 Å². The molecule has 0 spiro atoms. The SMILES string of the molecule is O=C1/C(=C/c2ccc(OCc3ccc(Cl)cc3)c(Br)c2)SC(=S)N1c1ccc(Cl)c(Cl)c1. The summed E-state index contributed by atoms with van der Waals surface area (Å²) in [5.41, 5.74) is 2.43. The average molecular weight is 586 g/mol.